The molecule has 0 bridgehead atoms. The zero-order valence-electron chi connectivity index (χ0n) is 17.8. The first-order valence-corrected chi connectivity index (χ1v) is 11.1. The van der Waals surface area contributed by atoms with E-state index in [0.717, 1.165) is 10.4 Å². The summed E-state index contributed by atoms with van der Waals surface area (Å²) in [4.78, 5) is 37.7. The molecule has 0 spiro atoms. The van der Waals surface area contributed by atoms with Crippen LogP contribution in [0.3, 0.4) is 0 Å². The molecule has 1 atom stereocenters. The molecule has 2 aromatic heterocycles. The molecule has 0 saturated heterocycles. The van der Waals surface area contributed by atoms with Crippen molar-refractivity contribution in [3.05, 3.63) is 112 Å². The van der Waals surface area contributed by atoms with Crippen molar-refractivity contribution >= 4 is 28.8 Å². The summed E-state index contributed by atoms with van der Waals surface area (Å²) in [7, 11) is 0. The molecule has 8 heteroatoms. The number of anilines is 1. The Balaban J connectivity index is 1.76. The number of rotatable bonds is 7. The highest BCUT2D eigenvalue weighted by molar-refractivity contribution is 7.09. The van der Waals surface area contributed by atoms with Crippen LogP contribution in [0, 0.1) is 12.7 Å². The number of carbonyl (C=O) groups excluding carboxylic acids is 2. The van der Waals surface area contributed by atoms with E-state index in [0.29, 0.717) is 11.3 Å². The van der Waals surface area contributed by atoms with E-state index >= 15 is 0 Å². The Kier molecular flexibility index (Phi) is 6.85. The Morgan fingerprint density at radius 1 is 1.06 bits per heavy atom. The molecule has 2 heterocycles. The van der Waals surface area contributed by atoms with Gasteiger partial charge < -0.3 is 10.2 Å². The molecule has 0 fully saturated rings. The van der Waals surface area contributed by atoms with Gasteiger partial charge in [-0.3, -0.25) is 14.6 Å². The van der Waals surface area contributed by atoms with Gasteiger partial charge in [0.25, 0.3) is 11.8 Å². The number of nitrogens with zero attached hydrogens (tertiary/aromatic N) is 3. The van der Waals surface area contributed by atoms with Gasteiger partial charge in [0.05, 0.1) is 12.7 Å². The van der Waals surface area contributed by atoms with Crippen LogP contribution in [0.25, 0.3) is 0 Å². The molecule has 2 amide bonds. The highest BCUT2D eigenvalue weighted by Crippen LogP contribution is 2.28. The Labute approximate surface area is 194 Å². The monoisotopic (exact) mass is 460 g/mol. The summed E-state index contributed by atoms with van der Waals surface area (Å²) in [6, 6.07) is 15.8. The number of carbonyl (C=O) groups is 2. The molecule has 1 N–H and O–H groups in total. The summed E-state index contributed by atoms with van der Waals surface area (Å²) >= 11 is 1.49. The van der Waals surface area contributed by atoms with Gasteiger partial charge in [0, 0.05) is 23.0 Å². The topological polar surface area (TPSA) is 75.2 Å². The molecule has 33 heavy (non-hydrogen) atoms. The largest absolute Gasteiger partial charge is 0.324 e. The van der Waals surface area contributed by atoms with Gasteiger partial charge >= 0.3 is 0 Å². The van der Waals surface area contributed by atoms with Gasteiger partial charge in [-0.1, -0.05) is 35.9 Å². The van der Waals surface area contributed by atoms with Crippen molar-refractivity contribution in [3.8, 4) is 0 Å². The Bertz CT molecular complexity index is 1210. The minimum absolute atomic E-state index is 0.140. The van der Waals surface area contributed by atoms with Gasteiger partial charge in [-0.05, 0) is 48.2 Å². The van der Waals surface area contributed by atoms with Gasteiger partial charge in [-0.15, -0.1) is 11.3 Å². The molecular weight excluding hydrogens is 439 g/mol. The number of halogens is 1. The maximum Gasteiger partial charge on any atom is 0.275 e. The third kappa shape index (κ3) is 5.48. The van der Waals surface area contributed by atoms with Gasteiger partial charge in [0.2, 0.25) is 0 Å². The molecule has 0 aliphatic heterocycles. The van der Waals surface area contributed by atoms with Crippen LogP contribution in [0.1, 0.15) is 32.5 Å². The van der Waals surface area contributed by atoms with Gasteiger partial charge in [-0.2, -0.15) is 0 Å². The van der Waals surface area contributed by atoms with E-state index in [1.165, 1.54) is 59.1 Å². The third-order valence-electron chi connectivity index (χ3n) is 5.01. The average molecular weight is 461 g/mol. The predicted octanol–water partition coefficient (Wildman–Crippen LogP) is 5.01. The lowest BCUT2D eigenvalue weighted by molar-refractivity contribution is -0.121. The van der Waals surface area contributed by atoms with Crippen molar-refractivity contribution in [3.63, 3.8) is 0 Å². The number of thiophene rings is 1. The Morgan fingerprint density at radius 3 is 2.45 bits per heavy atom. The molecule has 0 aliphatic rings. The molecule has 0 saturated carbocycles. The van der Waals surface area contributed by atoms with Crippen molar-refractivity contribution in [2.75, 3.05) is 5.32 Å². The summed E-state index contributed by atoms with van der Waals surface area (Å²) < 4.78 is 13.3. The molecular formula is C25H21FN4O2S. The number of nitrogens with one attached hydrogen (secondary N) is 1. The van der Waals surface area contributed by atoms with E-state index in [-0.39, 0.29) is 12.2 Å². The summed E-state index contributed by atoms with van der Waals surface area (Å²) in [5.41, 5.74) is 2.25. The SMILES string of the molecule is Cc1ccc(C(C(=O)Nc2ccc(F)cc2)N(Cc2cccs2)C(=O)c2cnccn2)cc1. The lowest BCUT2D eigenvalue weighted by Crippen LogP contribution is -2.41. The molecule has 2 aromatic carbocycles. The lowest BCUT2D eigenvalue weighted by atomic mass is 10.0. The molecule has 0 radical (unpaired) electrons. The first-order valence-electron chi connectivity index (χ1n) is 10.2. The zero-order chi connectivity index (χ0) is 23.2. The van der Waals surface area contributed by atoms with Crippen molar-refractivity contribution in [2.24, 2.45) is 0 Å². The number of hydrogen-bond acceptors (Lipinski definition) is 5. The molecule has 1 unspecified atom stereocenters. The normalized spacial score (nSPS) is 11.6. The summed E-state index contributed by atoms with van der Waals surface area (Å²) in [5, 5.41) is 4.73. The van der Waals surface area contributed by atoms with Crippen molar-refractivity contribution in [2.45, 2.75) is 19.5 Å². The summed E-state index contributed by atoms with van der Waals surface area (Å²) in [6.07, 6.45) is 4.31. The third-order valence-corrected chi connectivity index (χ3v) is 5.88. The lowest BCUT2D eigenvalue weighted by Gasteiger charge is -2.31. The molecule has 6 nitrogen and oxygen atoms in total. The summed E-state index contributed by atoms with van der Waals surface area (Å²) in [6.45, 7) is 2.16. The fourth-order valence-corrected chi connectivity index (χ4v) is 4.08. The number of hydrogen-bond donors (Lipinski definition) is 1. The fourth-order valence-electron chi connectivity index (χ4n) is 3.37. The number of aromatic nitrogens is 2. The standard InChI is InChI=1S/C25H21FN4O2S/c1-17-4-6-18(7-5-17)23(24(31)29-20-10-8-19(26)9-11-20)30(16-21-3-2-14-33-21)25(32)22-15-27-12-13-28-22/h2-15,23H,16H2,1H3,(H,29,31). The first-order chi connectivity index (χ1) is 16.0. The van der Waals surface area contributed by atoms with Crippen LogP contribution in [-0.4, -0.2) is 26.7 Å². The molecule has 4 rings (SSSR count). The van der Waals surface area contributed by atoms with E-state index in [9.17, 15) is 14.0 Å². The van der Waals surface area contributed by atoms with Crippen LogP contribution >= 0.6 is 11.3 Å². The van der Waals surface area contributed by atoms with Crippen LogP contribution < -0.4 is 5.32 Å². The number of amides is 2. The second kappa shape index (κ2) is 10.1. The maximum atomic E-state index is 13.6. The smallest absolute Gasteiger partial charge is 0.275 e. The van der Waals surface area contributed by atoms with E-state index in [2.05, 4.69) is 15.3 Å². The second-order valence-corrected chi connectivity index (χ2v) is 8.44. The van der Waals surface area contributed by atoms with E-state index in [1.807, 2.05) is 48.7 Å². The number of aryl methyl sites for hydroxylation is 1. The summed E-state index contributed by atoms with van der Waals surface area (Å²) in [5.74, 6) is -1.24. The van der Waals surface area contributed by atoms with Crippen molar-refractivity contribution in [1.82, 2.24) is 14.9 Å². The van der Waals surface area contributed by atoms with E-state index in [4.69, 9.17) is 0 Å². The minimum atomic E-state index is -0.952. The Hall–Kier alpha value is -3.91. The van der Waals surface area contributed by atoms with Crippen LogP contribution in [0.4, 0.5) is 10.1 Å². The zero-order valence-corrected chi connectivity index (χ0v) is 18.6. The average Bonchev–Trinajstić information content (AvgIpc) is 3.35. The number of benzene rings is 2. The molecule has 0 aliphatic carbocycles. The van der Waals surface area contributed by atoms with E-state index in [1.54, 1.807) is 0 Å². The quantitative estimate of drug-likeness (QED) is 0.421. The van der Waals surface area contributed by atoms with Crippen molar-refractivity contribution in [1.29, 1.82) is 0 Å². The minimum Gasteiger partial charge on any atom is -0.324 e. The van der Waals surface area contributed by atoms with Crippen LogP contribution in [0.2, 0.25) is 0 Å². The van der Waals surface area contributed by atoms with Gasteiger partial charge in [-0.25, -0.2) is 9.37 Å². The van der Waals surface area contributed by atoms with E-state index < -0.39 is 23.7 Å². The van der Waals surface area contributed by atoms with Crippen LogP contribution in [0.5, 0.6) is 0 Å². The van der Waals surface area contributed by atoms with Crippen LogP contribution in [-0.2, 0) is 11.3 Å². The van der Waals surface area contributed by atoms with Crippen molar-refractivity contribution < 1.29 is 14.0 Å². The second-order valence-electron chi connectivity index (χ2n) is 7.41. The first kappa shape index (κ1) is 22.3. The molecule has 4 aromatic rings. The fraction of sp³-hybridized carbons (Fsp3) is 0.120. The molecule has 166 valence electrons. The van der Waals surface area contributed by atoms with Gasteiger partial charge in [0.15, 0.2) is 0 Å². The predicted molar refractivity (Wildman–Crippen MR) is 125 cm³/mol. The maximum absolute atomic E-state index is 13.6. The van der Waals surface area contributed by atoms with Gasteiger partial charge in [0.1, 0.15) is 17.6 Å². The Morgan fingerprint density at radius 2 is 1.82 bits per heavy atom. The van der Waals surface area contributed by atoms with Crippen LogP contribution in [0.15, 0.2) is 84.6 Å². The highest BCUT2D eigenvalue weighted by Gasteiger charge is 2.33. The highest BCUT2D eigenvalue weighted by atomic mass is 32.1.